The summed E-state index contributed by atoms with van der Waals surface area (Å²) < 4.78 is 1.84. The van der Waals surface area contributed by atoms with Gasteiger partial charge in [0.1, 0.15) is 5.82 Å². The Hall–Kier alpha value is -3.13. The van der Waals surface area contributed by atoms with E-state index in [9.17, 15) is 4.79 Å². The second kappa shape index (κ2) is 9.99. The van der Waals surface area contributed by atoms with E-state index in [0.29, 0.717) is 18.7 Å². The highest BCUT2D eigenvalue weighted by Gasteiger charge is 2.15. The van der Waals surface area contributed by atoms with Crippen LogP contribution in [0.25, 0.3) is 21.8 Å². The molecular weight excluding hydrogens is 420 g/mol. The maximum Gasteiger partial charge on any atom is 0.251 e. The Labute approximate surface area is 192 Å². The van der Waals surface area contributed by atoms with Crippen molar-refractivity contribution in [2.75, 3.05) is 17.6 Å². The van der Waals surface area contributed by atoms with Gasteiger partial charge in [-0.1, -0.05) is 55.1 Å². The predicted octanol–water partition coefficient (Wildman–Crippen LogP) is 4.73. The number of aromatic nitrogens is 4. The maximum absolute atomic E-state index is 12.8. The smallest absolute Gasteiger partial charge is 0.251 e. The van der Waals surface area contributed by atoms with E-state index in [0.717, 1.165) is 45.0 Å². The lowest BCUT2D eigenvalue weighted by atomic mass is 10.0. The quantitative estimate of drug-likeness (QED) is 0.284. The minimum atomic E-state index is -0.0887. The molecule has 0 aliphatic heterocycles. The molecule has 0 saturated carbocycles. The van der Waals surface area contributed by atoms with Crippen LogP contribution in [0.15, 0.2) is 53.8 Å². The molecular formula is C24H28N6OS. The largest absolute Gasteiger partial charge is 0.367 e. The van der Waals surface area contributed by atoms with Crippen LogP contribution in [0, 0.1) is 0 Å². The average Bonchev–Trinajstić information content (AvgIpc) is 3.20. The van der Waals surface area contributed by atoms with Gasteiger partial charge in [0, 0.05) is 23.9 Å². The van der Waals surface area contributed by atoms with Gasteiger partial charge < -0.3 is 10.6 Å². The molecule has 1 amide bonds. The SMILES string of the molecule is CCCSc1nc(NC(C)C)c2cnn(CCNC(=O)c3cccc4ccccc34)c2n1. The van der Waals surface area contributed by atoms with Crippen molar-refractivity contribution in [1.29, 1.82) is 0 Å². The molecule has 0 aliphatic rings. The van der Waals surface area contributed by atoms with Gasteiger partial charge in [-0.25, -0.2) is 14.6 Å². The summed E-state index contributed by atoms with van der Waals surface area (Å²) >= 11 is 1.64. The van der Waals surface area contributed by atoms with Crippen LogP contribution in [0.5, 0.6) is 0 Å². The van der Waals surface area contributed by atoms with Crippen molar-refractivity contribution in [3.63, 3.8) is 0 Å². The molecule has 0 radical (unpaired) electrons. The molecule has 2 aromatic carbocycles. The second-order valence-electron chi connectivity index (χ2n) is 7.89. The van der Waals surface area contributed by atoms with Crippen molar-refractivity contribution in [3.8, 4) is 0 Å². The lowest BCUT2D eigenvalue weighted by Crippen LogP contribution is -2.27. The van der Waals surface area contributed by atoms with E-state index in [4.69, 9.17) is 4.98 Å². The van der Waals surface area contributed by atoms with Crippen LogP contribution < -0.4 is 10.6 Å². The first kappa shape index (κ1) is 22.1. The first-order valence-corrected chi connectivity index (χ1v) is 11.9. The van der Waals surface area contributed by atoms with Crippen molar-refractivity contribution in [1.82, 2.24) is 25.1 Å². The maximum atomic E-state index is 12.8. The minimum Gasteiger partial charge on any atom is -0.367 e. The number of fused-ring (bicyclic) bond motifs is 2. The van der Waals surface area contributed by atoms with E-state index < -0.39 is 0 Å². The molecule has 2 N–H and O–H groups in total. The highest BCUT2D eigenvalue weighted by molar-refractivity contribution is 7.99. The van der Waals surface area contributed by atoms with E-state index >= 15 is 0 Å². The third kappa shape index (κ3) is 4.85. The average molecular weight is 449 g/mol. The van der Waals surface area contributed by atoms with Crippen LogP contribution >= 0.6 is 11.8 Å². The van der Waals surface area contributed by atoms with E-state index in [1.165, 1.54) is 0 Å². The molecule has 0 bridgehead atoms. The number of anilines is 1. The Bertz CT molecular complexity index is 1230. The number of benzene rings is 2. The molecule has 8 heteroatoms. The molecule has 0 spiro atoms. The van der Waals surface area contributed by atoms with Gasteiger partial charge in [0.25, 0.3) is 5.91 Å². The number of rotatable bonds is 9. The van der Waals surface area contributed by atoms with Crippen LogP contribution in [0.1, 0.15) is 37.6 Å². The molecule has 0 atom stereocenters. The van der Waals surface area contributed by atoms with E-state index in [1.54, 1.807) is 18.0 Å². The van der Waals surface area contributed by atoms with Crippen LogP contribution in [0.2, 0.25) is 0 Å². The molecule has 4 aromatic rings. The van der Waals surface area contributed by atoms with Gasteiger partial charge >= 0.3 is 0 Å². The minimum absolute atomic E-state index is 0.0887. The molecule has 32 heavy (non-hydrogen) atoms. The van der Waals surface area contributed by atoms with Crippen molar-refractivity contribution < 1.29 is 4.79 Å². The van der Waals surface area contributed by atoms with Crippen LogP contribution in [-0.4, -0.2) is 44.0 Å². The fraction of sp³-hybridized carbons (Fsp3) is 0.333. The molecule has 2 heterocycles. The van der Waals surface area contributed by atoms with Crippen molar-refractivity contribution in [2.24, 2.45) is 0 Å². The first-order valence-electron chi connectivity index (χ1n) is 11.0. The summed E-state index contributed by atoms with van der Waals surface area (Å²) in [6, 6.07) is 13.9. The van der Waals surface area contributed by atoms with Crippen molar-refractivity contribution in [2.45, 2.75) is 44.9 Å². The summed E-state index contributed by atoms with van der Waals surface area (Å²) in [7, 11) is 0. The summed E-state index contributed by atoms with van der Waals surface area (Å²) in [5.74, 6) is 1.67. The summed E-state index contributed by atoms with van der Waals surface area (Å²) in [6.07, 6.45) is 2.85. The van der Waals surface area contributed by atoms with Gasteiger partial charge in [0.05, 0.1) is 18.1 Å². The summed E-state index contributed by atoms with van der Waals surface area (Å²) in [6.45, 7) is 7.28. The highest BCUT2D eigenvalue weighted by atomic mass is 32.2. The molecule has 166 valence electrons. The molecule has 4 rings (SSSR count). The fourth-order valence-corrected chi connectivity index (χ4v) is 4.23. The first-order chi connectivity index (χ1) is 15.6. The molecule has 2 aromatic heterocycles. The van der Waals surface area contributed by atoms with E-state index in [1.807, 2.05) is 47.1 Å². The zero-order valence-electron chi connectivity index (χ0n) is 18.6. The predicted molar refractivity (Wildman–Crippen MR) is 131 cm³/mol. The number of carbonyl (C=O) groups excluding carboxylic acids is 1. The number of carbonyl (C=O) groups is 1. The van der Waals surface area contributed by atoms with Gasteiger partial charge in [0.2, 0.25) is 0 Å². The summed E-state index contributed by atoms with van der Waals surface area (Å²) in [4.78, 5) is 22.2. The third-order valence-corrected chi connectivity index (χ3v) is 6.03. The molecule has 0 saturated heterocycles. The number of nitrogens with one attached hydrogen (secondary N) is 2. The van der Waals surface area contributed by atoms with Gasteiger partial charge in [-0.2, -0.15) is 5.10 Å². The van der Waals surface area contributed by atoms with E-state index in [2.05, 4.69) is 41.5 Å². The van der Waals surface area contributed by atoms with Gasteiger partial charge in [-0.05, 0) is 37.1 Å². The number of hydrogen-bond acceptors (Lipinski definition) is 6. The Morgan fingerprint density at radius 1 is 1.09 bits per heavy atom. The standard InChI is InChI=1S/C24H28N6OS/c1-4-14-32-24-28-21(27-16(2)3)20-15-26-30(22(20)29-24)13-12-25-23(31)19-11-7-9-17-8-5-6-10-18(17)19/h5-11,15-16H,4,12-14H2,1-3H3,(H,25,31)(H,27,28,29). The molecule has 0 unspecified atom stereocenters. The number of nitrogens with zero attached hydrogens (tertiary/aromatic N) is 4. The lowest BCUT2D eigenvalue weighted by molar-refractivity contribution is 0.0953. The van der Waals surface area contributed by atoms with Crippen molar-refractivity contribution in [3.05, 3.63) is 54.2 Å². The highest BCUT2D eigenvalue weighted by Crippen LogP contribution is 2.25. The Morgan fingerprint density at radius 2 is 1.91 bits per heavy atom. The Morgan fingerprint density at radius 3 is 2.72 bits per heavy atom. The van der Waals surface area contributed by atoms with Crippen LogP contribution in [0.4, 0.5) is 5.82 Å². The van der Waals surface area contributed by atoms with Gasteiger partial charge in [0.15, 0.2) is 10.8 Å². The Kier molecular flexibility index (Phi) is 6.90. The molecule has 0 fully saturated rings. The van der Waals surface area contributed by atoms with Gasteiger partial charge in [-0.3, -0.25) is 4.79 Å². The second-order valence-corrected chi connectivity index (χ2v) is 8.95. The molecule has 0 aliphatic carbocycles. The van der Waals surface area contributed by atoms with Gasteiger partial charge in [-0.15, -0.1) is 0 Å². The topological polar surface area (TPSA) is 84.7 Å². The van der Waals surface area contributed by atoms with Crippen LogP contribution in [0.3, 0.4) is 0 Å². The molecule has 7 nitrogen and oxygen atoms in total. The number of thioether (sulfide) groups is 1. The summed E-state index contributed by atoms with van der Waals surface area (Å²) in [5.41, 5.74) is 1.46. The van der Waals surface area contributed by atoms with E-state index in [-0.39, 0.29) is 11.9 Å². The summed E-state index contributed by atoms with van der Waals surface area (Å²) in [5, 5.41) is 14.6. The zero-order valence-corrected chi connectivity index (χ0v) is 19.4. The third-order valence-electron chi connectivity index (χ3n) is 4.98. The van der Waals surface area contributed by atoms with Crippen molar-refractivity contribution >= 4 is 45.3 Å². The zero-order chi connectivity index (χ0) is 22.5. The number of amides is 1. The normalized spacial score (nSPS) is 11.4. The monoisotopic (exact) mass is 448 g/mol. The Balaban J connectivity index is 1.52. The van der Waals surface area contributed by atoms with Crippen LogP contribution in [-0.2, 0) is 6.54 Å². The fourth-order valence-electron chi connectivity index (χ4n) is 3.53. The number of hydrogen-bond donors (Lipinski definition) is 2. The lowest BCUT2D eigenvalue weighted by Gasteiger charge is -2.12.